The first-order valence-corrected chi connectivity index (χ1v) is 6.71. The maximum atomic E-state index is 11.6. The number of rotatable bonds is 6. The summed E-state index contributed by atoms with van der Waals surface area (Å²) in [6, 6.07) is 9.45. The molecule has 0 aliphatic heterocycles. The van der Waals surface area contributed by atoms with Gasteiger partial charge in [0.05, 0.1) is 0 Å². The van der Waals surface area contributed by atoms with Gasteiger partial charge in [0.25, 0.3) is 0 Å². The lowest BCUT2D eigenvalue weighted by Crippen LogP contribution is -2.26. The van der Waals surface area contributed by atoms with E-state index in [1.807, 2.05) is 30.3 Å². The number of ether oxygens (including phenoxy) is 1. The summed E-state index contributed by atoms with van der Waals surface area (Å²) in [5.74, 6) is -0.0491. The fourth-order valence-electron chi connectivity index (χ4n) is 1.74. The number of nitrogens with one attached hydrogen (secondary N) is 1. The molecule has 0 spiro atoms. The minimum absolute atomic E-state index is 0.0491. The fourth-order valence-corrected chi connectivity index (χ4v) is 1.74. The molecule has 0 aliphatic rings. The van der Waals surface area contributed by atoms with Crippen molar-refractivity contribution < 1.29 is 14.3 Å². The van der Waals surface area contributed by atoms with Crippen LogP contribution < -0.4 is 5.32 Å². The summed E-state index contributed by atoms with van der Waals surface area (Å²) in [7, 11) is 0. The second kappa shape index (κ2) is 7.84. The van der Waals surface area contributed by atoms with Gasteiger partial charge in [-0.3, -0.25) is 9.36 Å². The van der Waals surface area contributed by atoms with Gasteiger partial charge >= 0.3 is 6.09 Å². The maximum Gasteiger partial charge on any atom is 0.407 e. The van der Waals surface area contributed by atoms with Crippen molar-refractivity contribution in [1.82, 2.24) is 14.9 Å². The van der Waals surface area contributed by atoms with Gasteiger partial charge in [0, 0.05) is 25.4 Å². The summed E-state index contributed by atoms with van der Waals surface area (Å²) in [6.45, 7) is 0.634. The van der Waals surface area contributed by atoms with Crippen molar-refractivity contribution in [2.45, 2.75) is 19.4 Å². The first-order valence-electron chi connectivity index (χ1n) is 6.71. The highest BCUT2D eigenvalue weighted by molar-refractivity contribution is 5.78. The Labute approximate surface area is 122 Å². The lowest BCUT2D eigenvalue weighted by Gasteiger charge is -2.07. The van der Waals surface area contributed by atoms with Crippen molar-refractivity contribution in [3.05, 3.63) is 54.6 Å². The van der Waals surface area contributed by atoms with Gasteiger partial charge in [0.1, 0.15) is 12.9 Å². The molecule has 1 heterocycles. The van der Waals surface area contributed by atoms with Crippen LogP contribution in [-0.4, -0.2) is 28.1 Å². The number of alkyl carbamates (subject to hydrolysis) is 1. The Hall–Kier alpha value is -2.63. The highest BCUT2D eigenvalue weighted by atomic mass is 16.5. The van der Waals surface area contributed by atoms with Gasteiger partial charge in [-0.05, 0) is 12.0 Å². The van der Waals surface area contributed by atoms with Crippen molar-refractivity contribution in [3.8, 4) is 0 Å². The van der Waals surface area contributed by atoms with Crippen molar-refractivity contribution >= 4 is 12.0 Å². The minimum Gasteiger partial charge on any atom is -0.445 e. The normalized spacial score (nSPS) is 10.1. The molecule has 1 N–H and O–H groups in total. The summed E-state index contributed by atoms with van der Waals surface area (Å²) in [4.78, 5) is 26.9. The van der Waals surface area contributed by atoms with Crippen molar-refractivity contribution in [3.63, 3.8) is 0 Å². The molecule has 0 radical (unpaired) electrons. The summed E-state index contributed by atoms with van der Waals surface area (Å²) < 4.78 is 6.48. The quantitative estimate of drug-likeness (QED) is 0.827. The Morgan fingerprint density at radius 3 is 2.76 bits per heavy atom. The number of carbonyl (C=O) groups excluding carboxylic acids is 2. The monoisotopic (exact) mass is 287 g/mol. The number of amides is 1. The average molecular weight is 287 g/mol. The number of nitrogens with zero attached hydrogens (tertiary/aromatic N) is 2. The van der Waals surface area contributed by atoms with Gasteiger partial charge in [-0.15, -0.1) is 0 Å². The number of hydrogen-bond donors (Lipinski definition) is 1. The summed E-state index contributed by atoms with van der Waals surface area (Å²) in [6.07, 6.45) is 5.03. The van der Waals surface area contributed by atoms with Gasteiger partial charge in [-0.2, -0.15) is 0 Å². The molecular formula is C15H17N3O3. The zero-order valence-corrected chi connectivity index (χ0v) is 11.6. The topological polar surface area (TPSA) is 73.2 Å². The summed E-state index contributed by atoms with van der Waals surface area (Å²) >= 11 is 0. The highest BCUT2D eigenvalue weighted by Crippen LogP contribution is 2.00. The maximum absolute atomic E-state index is 11.6. The Balaban J connectivity index is 1.58. The molecule has 110 valence electrons. The lowest BCUT2D eigenvalue weighted by molar-refractivity contribution is 0.0898. The van der Waals surface area contributed by atoms with Gasteiger partial charge in [-0.25, -0.2) is 9.78 Å². The number of carbonyl (C=O) groups is 2. The van der Waals surface area contributed by atoms with Gasteiger partial charge in [0.15, 0.2) is 0 Å². The van der Waals surface area contributed by atoms with Crippen LogP contribution in [-0.2, 0) is 11.3 Å². The van der Waals surface area contributed by atoms with E-state index in [9.17, 15) is 9.59 Å². The fraction of sp³-hybridized carbons (Fsp3) is 0.267. The molecule has 6 heteroatoms. The second-order valence-electron chi connectivity index (χ2n) is 4.46. The molecule has 2 aromatic rings. The van der Waals surface area contributed by atoms with Crippen LogP contribution in [0.2, 0.25) is 0 Å². The molecule has 0 unspecified atom stereocenters. The van der Waals surface area contributed by atoms with E-state index in [0.717, 1.165) is 5.56 Å². The van der Waals surface area contributed by atoms with Crippen molar-refractivity contribution in [1.29, 1.82) is 0 Å². The Morgan fingerprint density at radius 2 is 2.05 bits per heavy atom. The third kappa shape index (κ3) is 5.10. The lowest BCUT2D eigenvalue weighted by atomic mass is 10.2. The standard InChI is InChI=1S/C15H17N3O3/c19-14(18-10-9-16-12-18)7-4-8-17-15(20)21-11-13-5-2-1-3-6-13/h1-3,5-6,9-10,12H,4,7-8,11H2,(H,17,20). The molecule has 1 aromatic heterocycles. The first kappa shape index (κ1) is 14.8. The first-order chi connectivity index (χ1) is 10.3. The SMILES string of the molecule is O=C(NCCCC(=O)n1ccnc1)OCc1ccccc1. The molecule has 0 saturated carbocycles. The number of hydrogen-bond acceptors (Lipinski definition) is 4. The van der Waals surface area contributed by atoms with Crippen LogP contribution in [0.25, 0.3) is 0 Å². The Morgan fingerprint density at radius 1 is 1.24 bits per heavy atom. The van der Waals surface area contributed by atoms with Crippen LogP contribution >= 0.6 is 0 Å². The molecular weight excluding hydrogens is 270 g/mol. The largest absolute Gasteiger partial charge is 0.445 e. The van der Waals surface area contributed by atoms with Crippen LogP contribution in [0.3, 0.4) is 0 Å². The van der Waals surface area contributed by atoms with Crippen molar-refractivity contribution in [2.24, 2.45) is 0 Å². The molecule has 0 saturated heterocycles. The molecule has 1 amide bonds. The highest BCUT2D eigenvalue weighted by Gasteiger charge is 2.05. The van der Waals surface area contributed by atoms with Gasteiger partial charge in [0.2, 0.25) is 5.91 Å². The minimum atomic E-state index is -0.478. The van der Waals surface area contributed by atoms with Crippen LogP contribution in [0, 0.1) is 0 Å². The molecule has 1 aromatic carbocycles. The van der Waals surface area contributed by atoms with E-state index in [0.29, 0.717) is 19.4 Å². The molecule has 0 bridgehead atoms. The van der Waals surface area contributed by atoms with Crippen molar-refractivity contribution in [2.75, 3.05) is 6.54 Å². The molecule has 0 aliphatic carbocycles. The van der Waals surface area contributed by atoms with Gasteiger partial charge in [-0.1, -0.05) is 30.3 Å². The third-order valence-electron chi connectivity index (χ3n) is 2.84. The molecule has 2 rings (SSSR count). The number of benzene rings is 1. The van der Waals surface area contributed by atoms with E-state index in [-0.39, 0.29) is 12.5 Å². The van der Waals surface area contributed by atoms with Crippen LogP contribution in [0.1, 0.15) is 23.2 Å². The smallest absolute Gasteiger partial charge is 0.407 e. The number of aromatic nitrogens is 2. The predicted molar refractivity (Wildman–Crippen MR) is 76.7 cm³/mol. The third-order valence-corrected chi connectivity index (χ3v) is 2.84. The summed E-state index contributed by atoms with van der Waals surface area (Å²) in [5, 5.41) is 2.62. The number of imidazole rings is 1. The van der Waals surface area contributed by atoms with E-state index in [2.05, 4.69) is 10.3 Å². The zero-order chi connectivity index (χ0) is 14.9. The average Bonchev–Trinajstić information content (AvgIpc) is 3.05. The van der Waals surface area contributed by atoms with Crippen LogP contribution in [0.4, 0.5) is 4.79 Å². The van der Waals surface area contributed by atoms with E-state index < -0.39 is 6.09 Å². The molecule has 21 heavy (non-hydrogen) atoms. The Kier molecular flexibility index (Phi) is 5.51. The van der Waals surface area contributed by atoms with Gasteiger partial charge < -0.3 is 10.1 Å². The van der Waals surface area contributed by atoms with E-state index in [1.165, 1.54) is 10.9 Å². The zero-order valence-electron chi connectivity index (χ0n) is 11.6. The predicted octanol–water partition coefficient (Wildman–Crippen LogP) is 2.23. The summed E-state index contributed by atoms with van der Waals surface area (Å²) in [5.41, 5.74) is 0.933. The van der Waals surface area contributed by atoms with E-state index >= 15 is 0 Å². The molecule has 6 nitrogen and oxygen atoms in total. The molecule has 0 fully saturated rings. The second-order valence-corrected chi connectivity index (χ2v) is 4.46. The Bertz CT molecular complexity index is 567. The van der Waals surface area contributed by atoms with E-state index in [1.54, 1.807) is 12.4 Å². The van der Waals surface area contributed by atoms with Crippen LogP contribution in [0.15, 0.2) is 49.1 Å². The van der Waals surface area contributed by atoms with E-state index in [4.69, 9.17) is 4.74 Å². The van der Waals surface area contributed by atoms with Crippen LogP contribution in [0.5, 0.6) is 0 Å². The molecule has 0 atom stereocenters.